The summed E-state index contributed by atoms with van der Waals surface area (Å²) in [5.41, 5.74) is 1.04. The first-order chi connectivity index (χ1) is 9.88. The van der Waals surface area contributed by atoms with E-state index < -0.39 is 5.97 Å². The number of carboxylic acids is 1. The van der Waals surface area contributed by atoms with Gasteiger partial charge in [0.25, 0.3) is 0 Å². The van der Waals surface area contributed by atoms with Crippen LogP contribution in [0.5, 0.6) is 0 Å². The minimum atomic E-state index is -0.736. The van der Waals surface area contributed by atoms with Gasteiger partial charge in [0.15, 0.2) is 5.13 Å². The molecule has 0 atom stereocenters. The Kier molecular flexibility index (Phi) is 5.25. The number of aliphatic carboxylic acids is 1. The van der Waals surface area contributed by atoms with Crippen LogP contribution < -0.4 is 4.90 Å². The molecule has 1 N–H and O–H groups in total. The van der Waals surface area contributed by atoms with Crippen molar-refractivity contribution in [1.29, 1.82) is 0 Å². The van der Waals surface area contributed by atoms with E-state index in [1.807, 2.05) is 0 Å². The molecule has 1 saturated heterocycles. The summed E-state index contributed by atoms with van der Waals surface area (Å²) < 4.78 is 0. The summed E-state index contributed by atoms with van der Waals surface area (Å²) in [7, 11) is 0. The Morgan fingerprint density at radius 1 is 1.24 bits per heavy atom. The number of hydrogen-bond donors (Lipinski definition) is 1. The maximum atomic E-state index is 10.9. The fourth-order valence-electron chi connectivity index (χ4n) is 2.71. The van der Waals surface area contributed by atoms with Crippen LogP contribution in [-0.4, -0.2) is 29.1 Å². The van der Waals surface area contributed by atoms with Crippen LogP contribution in [0.1, 0.15) is 63.4 Å². The highest BCUT2D eigenvalue weighted by Crippen LogP contribution is 2.35. The Morgan fingerprint density at radius 3 is 2.38 bits per heavy atom. The van der Waals surface area contributed by atoms with E-state index in [2.05, 4.69) is 25.7 Å². The largest absolute Gasteiger partial charge is 0.481 e. The van der Waals surface area contributed by atoms with E-state index in [9.17, 15) is 4.79 Å². The summed E-state index contributed by atoms with van der Waals surface area (Å²) in [6, 6.07) is 0. The monoisotopic (exact) mass is 310 g/mol. The summed E-state index contributed by atoms with van der Waals surface area (Å²) in [4.78, 5) is 19.3. The van der Waals surface area contributed by atoms with Gasteiger partial charge in [-0.3, -0.25) is 4.79 Å². The fraction of sp³-hybridized carbons (Fsp3) is 0.750. The van der Waals surface area contributed by atoms with Gasteiger partial charge in [-0.2, -0.15) is 0 Å². The number of thiazole rings is 1. The molecule has 1 aliphatic rings. The van der Waals surface area contributed by atoms with E-state index in [1.54, 1.807) is 11.3 Å². The van der Waals surface area contributed by atoms with E-state index in [0.717, 1.165) is 28.8 Å². The second-order valence-electron chi connectivity index (χ2n) is 6.81. The molecule has 5 heteroatoms. The molecule has 0 bridgehead atoms. The van der Waals surface area contributed by atoms with Crippen molar-refractivity contribution in [2.45, 2.75) is 64.7 Å². The summed E-state index contributed by atoms with van der Waals surface area (Å²) in [5, 5.41) is 10.0. The number of aromatic nitrogens is 1. The van der Waals surface area contributed by atoms with Gasteiger partial charge in [0.05, 0.1) is 12.1 Å². The zero-order valence-electron chi connectivity index (χ0n) is 13.3. The third-order valence-electron chi connectivity index (χ3n) is 3.84. The molecule has 0 aromatic carbocycles. The number of aryl methyl sites for hydroxylation is 1. The van der Waals surface area contributed by atoms with Crippen LogP contribution in [0.3, 0.4) is 0 Å². The highest BCUT2D eigenvalue weighted by molar-refractivity contribution is 7.15. The Morgan fingerprint density at radius 2 is 1.86 bits per heavy atom. The molecule has 0 spiro atoms. The van der Waals surface area contributed by atoms with E-state index in [0.29, 0.717) is 6.42 Å². The maximum absolute atomic E-state index is 10.9. The third kappa shape index (κ3) is 4.43. The van der Waals surface area contributed by atoms with Gasteiger partial charge in [0.1, 0.15) is 0 Å². The molecule has 1 aliphatic heterocycles. The summed E-state index contributed by atoms with van der Waals surface area (Å²) in [6.45, 7) is 8.61. The van der Waals surface area contributed by atoms with Gasteiger partial charge >= 0.3 is 5.97 Å². The normalized spacial score (nSPS) is 16.8. The standard InChI is InChI=1S/C16H26N2O2S/c1-16(2,3)14-12(8-9-13(19)20)21-15(17-14)18-10-6-4-5-7-11-18/h4-11H2,1-3H3,(H,19,20). The first-order valence-corrected chi connectivity index (χ1v) is 8.66. The molecule has 0 unspecified atom stereocenters. The summed E-state index contributed by atoms with van der Waals surface area (Å²) in [6.07, 6.45) is 5.85. The molecule has 1 aromatic heterocycles. The van der Waals surface area contributed by atoms with E-state index in [4.69, 9.17) is 10.1 Å². The zero-order valence-corrected chi connectivity index (χ0v) is 14.1. The van der Waals surface area contributed by atoms with Crippen molar-refractivity contribution < 1.29 is 9.90 Å². The Labute approximate surface area is 131 Å². The predicted molar refractivity (Wildman–Crippen MR) is 87.5 cm³/mol. The molecule has 2 heterocycles. The van der Waals surface area contributed by atoms with E-state index >= 15 is 0 Å². The van der Waals surface area contributed by atoms with Crippen LogP contribution in [0.15, 0.2) is 0 Å². The number of carboxylic acid groups (broad SMARTS) is 1. The number of anilines is 1. The molecule has 4 nitrogen and oxygen atoms in total. The van der Waals surface area contributed by atoms with Crippen molar-refractivity contribution >= 4 is 22.4 Å². The quantitative estimate of drug-likeness (QED) is 0.918. The molecule has 0 radical (unpaired) electrons. The molecule has 0 saturated carbocycles. The number of hydrogen-bond acceptors (Lipinski definition) is 4. The van der Waals surface area contributed by atoms with Gasteiger partial charge < -0.3 is 10.0 Å². The highest BCUT2D eigenvalue weighted by atomic mass is 32.1. The number of carbonyl (C=O) groups is 1. The Balaban J connectivity index is 2.24. The minimum absolute atomic E-state index is 0.0333. The second-order valence-corrected chi connectivity index (χ2v) is 7.88. The SMILES string of the molecule is CC(C)(C)c1nc(N2CCCCCC2)sc1CCC(=O)O. The second kappa shape index (κ2) is 6.77. The Bertz CT molecular complexity index is 483. The van der Waals surface area contributed by atoms with E-state index in [1.165, 1.54) is 25.7 Å². The maximum Gasteiger partial charge on any atom is 0.303 e. The van der Waals surface area contributed by atoms with Crippen molar-refractivity contribution in [1.82, 2.24) is 4.98 Å². The Hall–Kier alpha value is -1.10. The van der Waals surface area contributed by atoms with Gasteiger partial charge in [-0.05, 0) is 19.3 Å². The van der Waals surface area contributed by atoms with Crippen LogP contribution >= 0.6 is 11.3 Å². The molecule has 2 rings (SSSR count). The zero-order chi connectivity index (χ0) is 15.5. The summed E-state index contributed by atoms with van der Waals surface area (Å²) >= 11 is 1.70. The van der Waals surface area contributed by atoms with Crippen molar-refractivity contribution in [3.05, 3.63) is 10.6 Å². The van der Waals surface area contributed by atoms with Crippen molar-refractivity contribution in [2.24, 2.45) is 0 Å². The lowest BCUT2D eigenvalue weighted by Gasteiger charge is -2.20. The molecule has 1 aromatic rings. The lowest BCUT2D eigenvalue weighted by Crippen LogP contribution is -2.24. The van der Waals surface area contributed by atoms with Gasteiger partial charge in [-0.15, -0.1) is 11.3 Å². The molecular weight excluding hydrogens is 284 g/mol. The van der Waals surface area contributed by atoms with Crippen LogP contribution in [0.25, 0.3) is 0 Å². The summed E-state index contributed by atoms with van der Waals surface area (Å²) in [5.74, 6) is -0.736. The van der Waals surface area contributed by atoms with Crippen molar-refractivity contribution in [2.75, 3.05) is 18.0 Å². The predicted octanol–water partition coefficient (Wildman–Crippen LogP) is 3.84. The van der Waals surface area contributed by atoms with E-state index in [-0.39, 0.29) is 11.8 Å². The molecule has 118 valence electrons. The van der Waals surface area contributed by atoms with Gasteiger partial charge in [-0.25, -0.2) is 4.98 Å². The van der Waals surface area contributed by atoms with Gasteiger partial charge in [0, 0.05) is 23.4 Å². The number of nitrogens with zero attached hydrogens (tertiary/aromatic N) is 2. The van der Waals surface area contributed by atoms with Crippen molar-refractivity contribution in [3.8, 4) is 0 Å². The van der Waals surface area contributed by atoms with Crippen LogP contribution in [0, 0.1) is 0 Å². The fourth-order valence-corrected chi connectivity index (χ4v) is 4.03. The van der Waals surface area contributed by atoms with Crippen LogP contribution in [0.4, 0.5) is 5.13 Å². The third-order valence-corrected chi connectivity index (χ3v) is 5.01. The smallest absolute Gasteiger partial charge is 0.303 e. The molecule has 1 fully saturated rings. The molecular formula is C16H26N2O2S. The average Bonchev–Trinajstić information content (AvgIpc) is 2.64. The molecule has 0 aliphatic carbocycles. The lowest BCUT2D eigenvalue weighted by atomic mass is 9.90. The topological polar surface area (TPSA) is 53.4 Å². The average molecular weight is 310 g/mol. The molecule has 21 heavy (non-hydrogen) atoms. The first kappa shape index (κ1) is 16.3. The number of rotatable bonds is 4. The van der Waals surface area contributed by atoms with Crippen molar-refractivity contribution in [3.63, 3.8) is 0 Å². The van der Waals surface area contributed by atoms with Gasteiger partial charge in [0.2, 0.25) is 0 Å². The minimum Gasteiger partial charge on any atom is -0.481 e. The van der Waals surface area contributed by atoms with Crippen LogP contribution in [-0.2, 0) is 16.6 Å². The lowest BCUT2D eigenvalue weighted by molar-refractivity contribution is -0.136. The van der Waals surface area contributed by atoms with Gasteiger partial charge in [-0.1, -0.05) is 33.6 Å². The van der Waals surface area contributed by atoms with Crippen LogP contribution in [0.2, 0.25) is 0 Å². The highest BCUT2D eigenvalue weighted by Gasteiger charge is 2.25. The first-order valence-electron chi connectivity index (χ1n) is 7.85. The molecule has 0 amide bonds.